The van der Waals surface area contributed by atoms with E-state index in [0.29, 0.717) is 0 Å². The third kappa shape index (κ3) is 5.94. The monoisotopic (exact) mass is 320 g/mol. The summed E-state index contributed by atoms with van der Waals surface area (Å²) in [6.07, 6.45) is -2.36. The number of carboxylic acids is 2. The Kier molecular flexibility index (Phi) is 7.96. The largest absolute Gasteiger partial charge is 1.00 e. The molecule has 0 aliphatic carbocycles. The Bertz CT molecular complexity index is 577. The molecule has 0 aliphatic rings. The number of rotatable bonds is 6. The number of carboxylic acid groups (broad SMARTS) is 2. The van der Waals surface area contributed by atoms with Crippen molar-refractivity contribution >= 4 is 23.9 Å². The molecule has 114 valence electrons. The second kappa shape index (κ2) is 8.64. The summed E-state index contributed by atoms with van der Waals surface area (Å²) in [5, 5.41) is 26.9. The molecule has 0 saturated carbocycles. The number of carbonyl (C=O) groups excluding carboxylic acids is 2. The van der Waals surface area contributed by atoms with Crippen LogP contribution >= 0.6 is 0 Å². The molecule has 3 N–H and O–H groups in total. The molecule has 1 aromatic rings. The summed E-state index contributed by atoms with van der Waals surface area (Å²) in [6.45, 7) is 0. The first-order chi connectivity index (χ1) is 9.74. The van der Waals surface area contributed by atoms with Gasteiger partial charge >= 0.3 is 53.4 Å². The van der Waals surface area contributed by atoms with Gasteiger partial charge < -0.3 is 21.5 Å². The Morgan fingerprint density at radius 3 is 2.05 bits per heavy atom. The summed E-state index contributed by atoms with van der Waals surface area (Å²) in [6, 6.07) is 7.43. The molecule has 1 rings (SSSR count). The molecule has 1 atom stereocenters. The summed E-state index contributed by atoms with van der Waals surface area (Å²) in [7, 11) is 0. The van der Waals surface area contributed by atoms with Crippen LogP contribution < -0.4 is 29.6 Å². The molecule has 0 spiro atoms. The van der Waals surface area contributed by atoms with Gasteiger partial charge in [-0.2, -0.15) is 0 Å². The molecule has 0 bridgehead atoms. The molecule has 8 nitrogen and oxygen atoms in total. The van der Waals surface area contributed by atoms with E-state index in [4.69, 9.17) is 10.2 Å². The van der Waals surface area contributed by atoms with Gasteiger partial charge in [0.05, 0.1) is 18.4 Å². The van der Waals surface area contributed by atoms with Crippen LogP contribution in [0.25, 0.3) is 0 Å². The summed E-state index contributed by atoms with van der Waals surface area (Å²) < 4.78 is 4.37. The molecule has 0 amide bonds. The van der Waals surface area contributed by atoms with E-state index in [-0.39, 0.29) is 36.5 Å². The first-order valence-electron chi connectivity index (χ1n) is 5.72. The molecular formula is C13H13NaO8. The second-order valence-electron chi connectivity index (χ2n) is 4.21. The van der Waals surface area contributed by atoms with Crippen molar-refractivity contribution in [1.29, 1.82) is 0 Å². The first kappa shape index (κ1) is 20.3. The predicted octanol–water partition coefficient (Wildman–Crippen LogP) is -2.83. The van der Waals surface area contributed by atoms with Gasteiger partial charge in [0.15, 0.2) is 5.60 Å². The van der Waals surface area contributed by atoms with Crippen molar-refractivity contribution in [2.75, 3.05) is 0 Å². The Balaban J connectivity index is 0. The van der Waals surface area contributed by atoms with Crippen LogP contribution in [0.1, 0.15) is 24.6 Å². The minimum Gasteiger partial charge on any atom is -1.00 e. The van der Waals surface area contributed by atoms with E-state index in [1.165, 1.54) is 24.3 Å². The van der Waals surface area contributed by atoms with Crippen LogP contribution in [0.15, 0.2) is 30.3 Å². The molecule has 0 aliphatic heterocycles. The molecule has 0 aromatic heterocycles. The predicted molar refractivity (Wildman–Crippen MR) is 67.4 cm³/mol. The third-order valence-electron chi connectivity index (χ3n) is 2.49. The van der Waals surface area contributed by atoms with Crippen molar-refractivity contribution in [3.05, 3.63) is 35.9 Å². The van der Waals surface area contributed by atoms with Crippen LogP contribution in [0.3, 0.4) is 0 Å². The quantitative estimate of drug-likeness (QED) is 0.290. The zero-order valence-electron chi connectivity index (χ0n) is 12.7. The number of aliphatic hydroxyl groups is 1. The van der Waals surface area contributed by atoms with Crippen LogP contribution in [-0.4, -0.2) is 44.8 Å². The fourth-order valence-corrected chi connectivity index (χ4v) is 1.48. The van der Waals surface area contributed by atoms with E-state index in [0.717, 1.165) is 0 Å². The van der Waals surface area contributed by atoms with Crippen molar-refractivity contribution in [2.45, 2.75) is 18.4 Å². The molecule has 9 heteroatoms. The Morgan fingerprint density at radius 2 is 1.59 bits per heavy atom. The molecule has 22 heavy (non-hydrogen) atoms. The first-order valence-corrected chi connectivity index (χ1v) is 5.72. The molecule has 0 fully saturated rings. The molecule has 1 aromatic carbocycles. The minimum absolute atomic E-state index is 0. The Morgan fingerprint density at radius 1 is 1.05 bits per heavy atom. The van der Waals surface area contributed by atoms with Crippen molar-refractivity contribution in [3.63, 3.8) is 0 Å². The minimum atomic E-state index is -2.83. The van der Waals surface area contributed by atoms with Gasteiger partial charge in [0.25, 0.3) is 0 Å². The van der Waals surface area contributed by atoms with Gasteiger partial charge in [-0.3, -0.25) is 9.59 Å². The summed E-state index contributed by atoms with van der Waals surface area (Å²) in [4.78, 5) is 44.4. The van der Waals surface area contributed by atoms with E-state index in [1.54, 1.807) is 6.07 Å². The van der Waals surface area contributed by atoms with E-state index in [1.807, 2.05) is 0 Å². The topological polar surface area (TPSA) is 138 Å². The van der Waals surface area contributed by atoms with E-state index < -0.39 is 42.3 Å². The number of carbonyl (C=O) groups is 4. The van der Waals surface area contributed by atoms with Crippen LogP contribution in [0, 0.1) is 0 Å². The average molecular weight is 320 g/mol. The van der Waals surface area contributed by atoms with Gasteiger partial charge in [-0.25, -0.2) is 9.59 Å². The van der Waals surface area contributed by atoms with Crippen molar-refractivity contribution in [2.24, 2.45) is 0 Å². The molecular weight excluding hydrogens is 307 g/mol. The zero-order chi connectivity index (χ0) is 16.0. The molecule has 1 unspecified atom stereocenters. The molecule has 0 saturated heterocycles. The third-order valence-corrected chi connectivity index (χ3v) is 2.49. The van der Waals surface area contributed by atoms with Gasteiger partial charge in [0, 0.05) is 0 Å². The SMILES string of the molecule is O=C(O)CC(O)(CC(=O)OC(=O)c1ccccc1)C(=O)O.[H-].[Na+]. The van der Waals surface area contributed by atoms with Crippen LogP contribution in [0.4, 0.5) is 0 Å². The van der Waals surface area contributed by atoms with Gasteiger partial charge in [0.1, 0.15) is 0 Å². The maximum atomic E-state index is 11.5. The van der Waals surface area contributed by atoms with E-state index in [9.17, 15) is 24.3 Å². The van der Waals surface area contributed by atoms with Crippen molar-refractivity contribution in [1.82, 2.24) is 0 Å². The summed E-state index contributed by atoms with van der Waals surface area (Å²) >= 11 is 0. The van der Waals surface area contributed by atoms with Crippen LogP contribution in [0.2, 0.25) is 0 Å². The standard InChI is InChI=1S/C13H12O8.Na.H/c14-9(15)6-13(20,12(18)19)7-10(16)21-11(17)8-4-2-1-3-5-8;;/h1-5,20H,6-7H2,(H,14,15)(H,18,19);;/q;+1;-1. The van der Waals surface area contributed by atoms with Gasteiger partial charge in [-0.1, -0.05) is 18.2 Å². The number of benzene rings is 1. The van der Waals surface area contributed by atoms with E-state index >= 15 is 0 Å². The average Bonchev–Trinajstić information content (AvgIpc) is 2.38. The van der Waals surface area contributed by atoms with Gasteiger partial charge in [-0.15, -0.1) is 0 Å². The normalized spacial score (nSPS) is 12.4. The maximum Gasteiger partial charge on any atom is 1.00 e. The fraction of sp³-hybridized carbons (Fsp3) is 0.231. The summed E-state index contributed by atoms with van der Waals surface area (Å²) in [5.41, 5.74) is -2.78. The van der Waals surface area contributed by atoms with Crippen molar-refractivity contribution in [3.8, 4) is 0 Å². The van der Waals surface area contributed by atoms with Gasteiger partial charge in [0.2, 0.25) is 0 Å². The maximum absolute atomic E-state index is 11.5. The smallest absolute Gasteiger partial charge is 1.00 e. The number of esters is 2. The van der Waals surface area contributed by atoms with Crippen LogP contribution in [-0.2, 0) is 19.1 Å². The van der Waals surface area contributed by atoms with Crippen LogP contribution in [0.5, 0.6) is 0 Å². The second-order valence-corrected chi connectivity index (χ2v) is 4.21. The van der Waals surface area contributed by atoms with Crippen molar-refractivity contribution < 1.29 is 70.2 Å². The molecule has 0 heterocycles. The summed E-state index contributed by atoms with van der Waals surface area (Å²) in [5.74, 6) is -5.87. The fourth-order valence-electron chi connectivity index (χ4n) is 1.48. The number of hydrogen-bond donors (Lipinski definition) is 3. The van der Waals surface area contributed by atoms with Gasteiger partial charge in [-0.05, 0) is 12.1 Å². The zero-order valence-corrected chi connectivity index (χ0v) is 13.7. The van der Waals surface area contributed by atoms with E-state index in [2.05, 4.69) is 4.74 Å². The molecule has 0 radical (unpaired) electrons. The number of ether oxygens (including phenoxy) is 1. The number of hydrogen-bond acceptors (Lipinski definition) is 6. The number of aliphatic carboxylic acids is 2. The Hall–Kier alpha value is -1.74. The Labute approximate surface area is 148 Å².